The van der Waals surface area contributed by atoms with Gasteiger partial charge in [0, 0.05) is 5.75 Å². The van der Waals surface area contributed by atoms with Gasteiger partial charge in [-0.3, -0.25) is 4.79 Å². The lowest BCUT2D eigenvalue weighted by molar-refractivity contribution is -0.150. The predicted molar refractivity (Wildman–Crippen MR) is 58.7 cm³/mol. The van der Waals surface area contributed by atoms with Gasteiger partial charge in [-0.1, -0.05) is 0 Å². The quantitative estimate of drug-likeness (QED) is 0.715. The van der Waals surface area contributed by atoms with Crippen LogP contribution in [-0.2, 0) is 9.59 Å². The van der Waals surface area contributed by atoms with Gasteiger partial charge in [-0.2, -0.15) is 0 Å². The Morgan fingerprint density at radius 3 is 2.60 bits per heavy atom. The zero-order valence-electron chi connectivity index (χ0n) is 9.11. The van der Waals surface area contributed by atoms with Gasteiger partial charge >= 0.3 is 5.97 Å². The molecular formula is C9H16N2O3S. The van der Waals surface area contributed by atoms with Gasteiger partial charge in [0.1, 0.15) is 6.04 Å². The van der Waals surface area contributed by atoms with E-state index in [4.69, 9.17) is 5.11 Å². The second-order valence-electron chi connectivity index (χ2n) is 4.00. The Balaban J connectivity index is 2.79. The fraction of sp³-hybridized carbons (Fsp3) is 0.778. The van der Waals surface area contributed by atoms with E-state index in [0.717, 1.165) is 0 Å². The number of rotatable bonds is 3. The van der Waals surface area contributed by atoms with Crippen LogP contribution < -0.4 is 5.32 Å². The Hall–Kier alpha value is -0.750. The summed E-state index contributed by atoms with van der Waals surface area (Å²) in [6.45, 7) is 3.49. The molecule has 0 bridgehead atoms. The summed E-state index contributed by atoms with van der Waals surface area (Å²) in [5.41, 5.74) is -0.710. The Morgan fingerprint density at radius 2 is 2.13 bits per heavy atom. The molecule has 0 aromatic rings. The minimum atomic E-state index is -0.930. The Morgan fingerprint density at radius 1 is 1.53 bits per heavy atom. The van der Waals surface area contributed by atoms with Crippen LogP contribution in [0.2, 0.25) is 0 Å². The second-order valence-corrected chi connectivity index (χ2v) is 5.00. The molecule has 1 heterocycles. The van der Waals surface area contributed by atoms with E-state index >= 15 is 0 Å². The molecule has 1 aliphatic heterocycles. The van der Waals surface area contributed by atoms with Crippen LogP contribution in [0.1, 0.15) is 13.8 Å². The van der Waals surface area contributed by atoms with Crippen LogP contribution in [0.15, 0.2) is 0 Å². The first-order chi connectivity index (χ1) is 6.90. The van der Waals surface area contributed by atoms with Gasteiger partial charge in [0.2, 0.25) is 5.91 Å². The number of amides is 1. The number of nitrogens with zero attached hydrogens (tertiary/aromatic N) is 1. The highest BCUT2D eigenvalue weighted by atomic mass is 32.2. The first-order valence-electron chi connectivity index (χ1n) is 4.70. The number of aliphatic carboxylic acids is 1. The molecule has 0 aromatic carbocycles. The molecule has 1 aliphatic rings. The van der Waals surface area contributed by atoms with E-state index in [1.54, 1.807) is 20.9 Å². The van der Waals surface area contributed by atoms with Crippen molar-refractivity contribution in [3.05, 3.63) is 0 Å². The van der Waals surface area contributed by atoms with Crippen molar-refractivity contribution >= 4 is 23.6 Å². The van der Waals surface area contributed by atoms with Crippen LogP contribution in [0.25, 0.3) is 0 Å². The summed E-state index contributed by atoms with van der Waals surface area (Å²) in [6.07, 6.45) is 0. The van der Waals surface area contributed by atoms with E-state index in [2.05, 4.69) is 5.32 Å². The first-order valence-corrected chi connectivity index (χ1v) is 5.86. The van der Waals surface area contributed by atoms with Crippen molar-refractivity contribution in [1.82, 2.24) is 10.2 Å². The van der Waals surface area contributed by atoms with Crippen molar-refractivity contribution in [2.45, 2.75) is 25.4 Å². The average Bonchev–Trinajstić information content (AvgIpc) is 2.64. The molecule has 1 rings (SSSR count). The highest BCUT2D eigenvalue weighted by Crippen LogP contribution is 2.24. The minimum Gasteiger partial charge on any atom is -0.480 e. The maximum atomic E-state index is 12.0. The molecule has 0 unspecified atom stereocenters. The zero-order chi connectivity index (χ0) is 11.6. The summed E-state index contributed by atoms with van der Waals surface area (Å²) in [6, 6.07) is -0.685. The number of hydrogen-bond donors (Lipinski definition) is 2. The third-order valence-corrected chi connectivity index (χ3v) is 3.60. The summed E-state index contributed by atoms with van der Waals surface area (Å²) in [7, 11) is 1.69. The van der Waals surface area contributed by atoms with Gasteiger partial charge < -0.3 is 15.3 Å². The van der Waals surface area contributed by atoms with Gasteiger partial charge in [0.05, 0.1) is 11.4 Å². The molecule has 6 heteroatoms. The lowest BCUT2D eigenvalue weighted by Gasteiger charge is -2.30. The lowest BCUT2D eigenvalue weighted by Crippen LogP contribution is -2.55. The Bertz CT molecular complexity index is 281. The molecule has 1 saturated heterocycles. The van der Waals surface area contributed by atoms with Crippen molar-refractivity contribution in [3.63, 3.8) is 0 Å². The molecule has 1 amide bonds. The summed E-state index contributed by atoms with van der Waals surface area (Å²) in [5.74, 6) is -0.162. The van der Waals surface area contributed by atoms with Gasteiger partial charge in [-0.25, -0.2) is 4.79 Å². The molecule has 86 valence electrons. The number of nitrogens with one attached hydrogen (secondary N) is 1. The molecule has 2 N–H and O–H groups in total. The summed E-state index contributed by atoms with van der Waals surface area (Å²) >= 11 is 1.47. The number of carboxylic acid groups (broad SMARTS) is 1. The van der Waals surface area contributed by atoms with Crippen LogP contribution in [0.3, 0.4) is 0 Å². The van der Waals surface area contributed by atoms with Crippen LogP contribution in [0.5, 0.6) is 0 Å². The maximum absolute atomic E-state index is 12.0. The molecular weight excluding hydrogens is 216 g/mol. The van der Waals surface area contributed by atoms with Crippen molar-refractivity contribution in [2.75, 3.05) is 18.7 Å². The molecule has 0 saturated carbocycles. The van der Waals surface area contributed by atoms with E-state index in [-0.39, 0.29) is 5.91 Å². The number of thioether (sulfide) groups is 1. The number of carboxylic acids is 1. The van der Waals surface area contributed by atoms with E-state index in [9.17, 15) is 9.59 Å². The topological polar surface area (TPSA) is 69.6 Å². The van der Waals surface area contributed by atoms with Gasteiger partial charge in [0.15, 0.2) is 0 Å². The molecule has 0 radical (unpaired) electrons. The maximum Gasteiger partial charge on any atom is 0.327 e. The van der Waals surface area contributed by atoms with E-state index < -0.39 is 17.6 Å². The molecule has 5 nitrogen and oxygen atoms in total. The Labute approximate surface area is 93.2 Å². The number of hydrogen-bond acceptors (Lipinski definition) is 4. The second kappa shape index (κ2) is 4.40. The van der Waals surface area contributed by atoms with Gasteiger partial charge in [-0.05, 0) is 20.9 Å². The van der Waals surface area contributed by atoms with Crippen molar-refractivity contribution < 1.29 is 14.7 Å². The molecule has 1 fully saturated rings. The number of carbonyl (C=O) groups excluding carboxylic acids is 1. The third kappa shape index (κ3) is 2.43. The fourth-order valence-electron chi connectivity index (χ4n) is 1.31. The number of likely N-dealkylation sites (N-methyl/N-ethyl adjacent to an activating group) is 1. The highest BCUT2D eigenvalue weighted by molar-refractivity contribution is 7.99. The Kier molecular flexibility index (Phi) is 3.62. The smallest absolute Gasteiger partial charge is 0.327 e. The van der Waals surface area contributed by atoms with Gasteiger partial charge in [0.25, 0.3) is 0 Å². The molecule has 1 atom stereocenters. The molecule has 0 aliphatic carbocycles. The summed E-state index contributed by atoms with van der Waals surface area (Å²) < 4.78 is 0. The monoisotopic (exact) mass is 232 g/mol. The van der Waals surface area contributed by atoms with Crippen molar-refractivity contribution in [2.24, 2.45) is 0 Å². The highest BCUT2D eigenvalue weighted by Gasteiger charge is 2.40. The number of carbonyl (C=O) groups is 2. The summed E-state index contributed by atoms with van der Waals surface area (Å²) in [4.78, 5) is 24.3. The normalized spacial score (nSPS) is 21.8. The molecule has 0 spiro atoms. The third-order valence-electron chi connectivity index (χ3n) is 2.59. The first kappa shape index (κ1) is 12.3. The average molecular weight is 232 g/mol. The van der Waals surface area contributed by atoms with E-state index in [0.29, 0.717) is 11.6 Å². The standard InChI is InChI=1S/C9H16N2O3S/c1-9(2,10-3)8(14)11-5-15-4-6(11)7(12)13/h6,10H,4-5H2,1-3H3,(H,12,13)/t6-/m0/s1. The lowest BCUT2D eigenvalue weighted by atomic mass is 10.0. The van der Waals surface area contributed by atoms with Crippen LogP contribution in [-0.4, -0.2) is 52.1 Å². The van der Waals surface area contributed by atoms with Gasteiger partial charge in [-0.15, -0.1) is 11.8 Å². The fourth-order valence-corrected chi connectivity index (χ4v) is 2.46. The van der Waals surface area contributed by atoms with E-state index in [1.165, 1.54) is 16.7 Å². The summed E-state index contributed by atoms with van der Waals surface area (Å²) in [5, 5.41) is 11.8. The zero-order valence-corrected chi connectivity index (χ0v) is 9.93. The van der Waals surface area contributed by atoms with Crippen molar-refractivity contribution in [1.29, 1.82) is 0 Å². The van der Waals surface area contributed by atoms with E-state index in [1.807, 2.05) is 0 Å². The van der Waals surface area contributed by atoms with Crippen molar-refractivity contribution in [3.8, 4) is 0 Å². The predicted octanol–water partition coefficient (Wildman–Crippen LogP) is -0.0295. The van der Waals surface area contributed by atoms with Crippen LogP contribution in [0, 0.1) is 0 Å². The van der Waals surface area contributed by atoms with Crippen LogP contribution in [0.4, 0.5) is 0 Å². The largest absolute Gasteiger partial charge is 0.480 e. The minimum absolute atomic E-state index is 0.164. The molecule has 15 heavy (non-hydrogen) atoms. The van der Waals surface area contributed by atoms with Crippen LogP contribution >= 0.6 is 11.8 Å². The molecule has 0 aromatic heterocycles. The SMILES string of the molecule is CNC(C)(C)C(=O)N1CSC[C@H]1C(=O)O.